The zero-order valence-corrected chi connectivity index (χ0v) is 12.2. The van der Waals surface area contributed by atoms with Crippen LogP contribution in [0, 0.1) is 5.92 Å². The van der Waals surface area contributed by atoms with Gasteiger partial charge in [0.05, 0.1) is 0 Å². The van der Waals surface area contributed by atoms with E-state index < -0.39 is 0 Å². The quantitative estimate of drug-likeness (QED) is 0.887. The van der Waals surface area contributed by atoms with E-state index in [0.29, 0.717) is 6.04 Å². The van der Waals surface area contributed by atoms with Gasteiger partial charge in [-0.1, -0.05) is 50.1 Å². The van der Waals surface area contributed by atoms with Crippen molar-refractivity contribution in [2.45, 2.75) is 51.5 Å². The van der Waals surface area contributed by atoms with E-state index in [9.17, 15) is 4.79 Å². The number of hydrogen-bond donors (Lipinski definition) is 1. The molecule has 106 valence electrons. The van der Waals surface area contributed by atoms with Crippen LogP contribution in [0.25, 0.3) is 5.57 Å². The molecule has 2 aliphatic rings. The number of carbonyl (C=O) groups excluding carboxylic acids is 1. The van der Waals surface area contributed by atoms with Gasteiger partial charge in [-0.05, 0) is 42.4 Å². The molecule has 20 heavy (non-hydrogen) atoms. The van der Waals surface area contributed by atoms with E-state index >= 15 is 0 Å². The van der Waals surface area contributed by atoms with E-state index in [4.69, 9.17) is 0 Å². The van der Waals surface area contributed by atoms with Crippen molar-refractivity contribution >= 4 is 11.5 Å². The van der Waals surface area contributed by atoms with Crippen molar-refractivity contribution in [3.8, 4) is 0 Å². The SMILES string of the molecule is C[C@@H](CC1=CCc2ccccc21)C(=O)NC1CCCC1. The highest BCUT2D eigenvalue weighted by Gasteiger charge is 2.23. The van der Waals surface area contributed by atoms with Crippen LogP contribution >= 0.6 is 0 Å². The van der Waals surface area contributed by atoms with Crippen molar-refractivity contribution < 1.29 is 4.79 Å². The molecule has 0 unspecified atom stereocenters. The number of benzene rings is 1. The van der Waals surface area contributed by atoms with E-state index in [2.05, 4.69) is 35.7 Å². The molecule has 3 rings (SSSR count). The van der Waals surface area contributed by atoms with Gasteiger partial charge >= 0.3 is 0 Å². The van der Waals surface area contributed by atoms with Crippen LogP contribution in [-0.2, 0) is 11.2 Å². The fourth-order valence-electron chi connectivity index (χ4n) is 3.38. The molecule has 1 saturated carbocycles. The second-order valence-corrected chi connectivity index (χ2v) is 6.19. The van der Waals surface area contributed by atoms with E-state index in [0.717, 1.165) is 25.7 Å². The highest BCUT2D eigenvalue weighted by Crippen LogP contribution is 2.32. The first-order chi connectivity index (χ1) is 9.74. The van der Waals surface area contributed by atoms with Crippen LogP contribution in [-0.4, -0.2) is 11.9 Å². The van der Waals surface area contributed by atoms with Gasteiger partial charge in [0.1, 0.15) is 0 Å². The van der Waals surface area contributed by atoms with Crippen molar-refractivity contribution in [1.29, 1.82) is 0 Å². The van der Waals surface area contributed by atoms with E-state index in [1.54, 1.807) is 0 Å². The van der Waals surface area contributed by atoms with Gasteiger partial charge in [0.25, 0.3) is 0 Å². The van der Waals surface area contributed by atoms with Crippen molar-refractivity contribution in [1.82, 2.24) is 5.32 Å². The Morgan fingerprint density at radius 1 is 1.30 bits per heavy atom. The molecule has 1 N–H and O–H groups in total. The van der Waals surface area contributed by atoms with Crippen molar-refractivity contribution in [2.24, 2.45) is 5.92 Å². The average Bonchev–Trinajstić information content (AvgIpc) is 3.09. The molecule has 1 aromatic carbocycles. The summed E-state index contributed by atoms with van der Waals surface area (Å²) in [7, 11) is 0. The summed E-state index contributed by atoms with van der Waals surface area (Å²) < 4.78 is 0. The van der Waals surface area contributed by atoms with Gasteiger partial charge in [0, 0.05) is 12.0 Å². The lowest BCUT2D eigenvalue weighted by Gasteiger charge is -2.17. The summed E-state index contributed by atoms with van der Waals surface area (Å²) in [5.41, 5.74) is 4.08. The van der Waals surface area contributed by atoms with Gasteiger partial charge in [-0.3, -0.25) is 4.79 Å². The molecule has 2 aliphatic carbocycles. The molecule has 2 heteroatoms. The predicted octanol–water partition coefficient (Wildman–Crippen LogP) is 3.71. The lowest BCUT2D eigenvalue weighted by molar-refractivity contribution is -0.125. The molecule has 0 saturated heterocycles. The molecule has 0 aliphatic heterocycles. The van der Waals surface area contributed by atoms with E-state index in [1.807, 2.05) is 6.92 Å². The van der Waals surface area contributed by atoms with Gasteiger partial charge < -0.3 is 5.32 Å². The minimum Gasteiger partial charge on any atom is -0.353 e. The van der Waals surface area contributed by atoms with E-state index in [1.165, 1.54) is 29.5 Å². The maximum absolute atomic E-state index is 12.3. The maximum atomic E-state index is 12.3. The topological polar surface area (TPSA) is 29.1 Å². The van der Waals surface area contributed by atoms with Gasteiger partial charge in [0.2, 0.25) is 5.91 Å². The van der Waals surface area contributed by atoms with Gasteiger partial charge in [-0.2, -0.15) is 0 Å². The van der Waals surface area contributed by atoms with Crippen LogP contribution in [0.3, 0.4) is 0 Å². The molecule has 1 amide bonds. The van der Waals surface area contributed by atoms with Crippen molar-refractivity contribution in [2.75, 3.05) is 0 Å². The summed E-state index contributed by atoms with van der Waals surface area (Å²) in [4.78, 5) is 12.3. The van der Waals surface area contributed by atoms with Crippen LogP contribution in [0.4, 0.5) is 0 Å². The zero-order valence-electron chi connectivity index (χ0n) is 12.2. The molecule has 1 aromatic rings. The molecular weight excluding hydrogens is 246 g/mol. The molecule has 1 fully saturated rings. The lowest BCUT2D eigenvalue weighted by atomic mass is 9.95. The molecule has 0 heterocycles. The smallest absolute Gasteiger partial charge is 0.223 e. The first-order valence-corrected chi connectivity index (χ1v) is 7.81. The standard InChI is InChI=1S/C18H23NO/c1-13(18(20)19-16-7-3-4-8-16)12-15-11-10-14-6-2-5-9-17(14)15/h2,5-6,9,11,13,16H,3-4,7-8,10,12H2,1H3,(H,19,20)/t13-/m0/s1. The third-order valence-corrected chi connectivity index (χ3v) is 4.61. The monoisotopic (exact) mass is 269 g/mol. The Balaban J connectivity index is 1.59. The fraction of sp³-hybridized carbons (Fsp3) is 0.500. The zero-order chi connectivity index (χ0) is 13.9. The van der Waals surface area contributed by atoms with Crippen LogP contribution in [0.2, 0.25) is 0 Å². The lowest BCUT2D eigenvalue weighted by Crippen LogP contribution is -2.36. The van der Waals surface area contributed by atoms with Crippen molar-refractivity contribution in [3.63, 3.8) is 0 Å². The number of fused-ring (bicyclic) bond motifs is 1. The van der Waals surface area contributed by atoms with Crippen molar-refractivity contribution in [3.05, 3.63) is 41.5 Å². The largest absolute Gasteiger partial charge is 0.353 e. The fourth-order valence-corrected chi connectivity index (χ4v) is 3.38. The van der Waals surface area contributed by atoms with Gasteiger partial charge in [-0.15, -0.1) is 0 Å². The second-order valence-electron chi connectivity index (χ2n) is 6.19. The van der Waals surface area contributed by atoms with E-state index in [-0.39, 0.29) is 11.8 Å². The number of hydrogen-bond acceptors (Lipinski definition) is 1. The molecule has 0 bridgehead atoms. The summed E-state index contributed by atoms with van der Waals surface area (Å²) in [6, 6.07) is 8.96. The second kappa shape index (κ2) is 5.82. The number of rotatable bonds is 4. The molecule has 2 nitrogen and oxygen atoms in total. The molecule has 0 radical (unpaired) electrons. The molecule has 1 atom stereocenters. The van der Waals surface area contributed by atoms with Crippen LogP contribution in [0.1, 0.15) is 50.2 Å². The summed E-state index contributed by atoms with van der Waals surface area (Å²) in [5.74, 6) is 0.287. The van der Waals surface area contributed by atoms with Crippen LogP contribution in [0.15, 0.2) is 30.3 Å². The molecule has 0 spiro atoms. The first-order valence-electron chi connectivity index (χ1n) is 7.81. The highest BCUT2D eigenvalue weighted by atomic mass is 16.1. The Bertz CT molecular complexity index is 526. The predicted molar refractivity (Wildman–Crippen MR) is 82.3 cm³/mol. The number of amides is 1. The Morgan fingerprint density at radius 3 is 2.85 bits per heavy atom. The summed E-state index contributed by atoms with van der Waals surface area (Å²) >= 11 is 0. The molecular formula is C18H23NO. The summed E-state index contributed by atoms with van der Waals surface area (Å²) in [6.07, 6.45) is 8.99. The minimum absolute atomic E-state index is 0.0630. The third-order valence-electron chi connectivity index (χ3n) is 4.61. The molecule has 0 aromatic heterocycles. The average molecular weight is 269 g/mol. The Kier molecular flexibility index (Phi) is 3.90. The Morgan fingerprint density at radius 2 is 2.05 bits per heavy atom. The number of carbonyl (C=O) groups is 1. The van der Waals surface area contributed by atoms with Gasteiger partial charge in [-0.25, -0.2) is 0 Å². The summed E-state index contributed by atoms with van der Waals surface area (Å²) in [5, 5.41) is 3.21. The summed E-state index contributed by atoms with van der Waals surface area (Å²) in [6.45, 7) is 2.05. The number of allylic oxidation sites excluding steroid dienone is 2. The first kappa shape index (κ1) is 13.4. The van der Waals surface area contributed by atoms with Crippen LogP contribution in [0.5, 0.6) is 0 Å². The highest BCUT2D eigenvalue weighted by molar-refractivity contribution is 5.82. The Labute approximate surface area is 121 Å². The minimum atomic E-state index is 0.0630. The third kappa shape index (κ3) is 2.79. The Hall–Kier alpha value is -1.57. The number of nitrogens with one attached hydrogen (secondary N) is 1. The van der Waals surface area contributed by atoms with Gasteiger partial charge in [0.15, 0.2) is 0 Å². The normalized spacial score (nSPS) is 19.6. The maximum Gasteiger partial charge on any atom is 0.223 e. The van der Waals surface area contributed by atoms with Crippen LogP contribution < -0.4 is 5.32 Å².